The number of hydrogen-bond donors (Lipinski definition) is 0. The predicted octanol–water partition coefficient (Wildman–Crippen LogP) is 7.32. The van der Waals surface area contributed by atoms with Crippen molar-refractivity contribution in [3.05, 3.63) is 130 Å². The van der Waals surface area contributed by atoms with Crippen molar-refractivity contribution in [3.63, 3.8) is 0 Å². The normalized spacial score (nSPS) is 15.4. The van der Waals surface area contributed by atoms with Crippen molar-refractivity contribution < 1.29 is 4.74 Å². The third-order valence-corrected chi connectivity index (χ3v) is 6.42. The third-order valence-electron chi connectivity index (χ3n) is 6.42. The summed E-state index contributed by atoms with van der Waals surface area (Å²) in [5.74, 6) is 1.89. The molecule has 144 valence electrons. The highest BCUT2D eigenvalue weighted by atomic mass is 16.5. The van der Waals surface area contributed by atoms with E-state index >= 15 is 0 Å². The summed E-state index contributed by atoms with van der Waals surface area (Å²) in [6.07, 6.45) is 0. The second-order valence-electron chi connectivity index (χ2n) is 8.33. The molecule has 1 nitrogen and oxygen atoms in total. The lowest BCUT2D eigenvalue weighted by Gasteiger charge is -2.31. The summed E-state index contributed by atoms with van der Waals surface area (Å²) in [5.41, 5.74) is 10.1. The molecule has 0 fully saturated rings. The molecule has 1 aliphatic heterocycles. The molecule has 0 saturated heterocycles. The van der Waals surface area contributed by atoms with Crippen molar-refractivity contribution in [1.29, 1.82) is 0 Å². The molecular formula is C29H22O. The molecule has 0 N–H and O–H groups in total. The number of benzene rings is 4. The van der Waals surface area contributed by atoms with Crippen molar-refractivity contribution in [1.82, 2.24) is 0 Å². The Bertz CT molecular complexity index is 1200. The van der Waals surface area contributed by atoms with E-state index in [1.807, 2.05) is 0 Å². The van der Waals surface area contributed by atoms with Gasteiger partial charge in [0.05, 0.1) is 5.41 Å². The zero-order chi connectivity index (χ0) is 20.3. The highest BCUT2D eigenvalue weighted by Gasteiger charge is 2.60. The smallest absolute Gasteiger partial charge is 0.132 e. The fraction of sp³-hybridized carbons (Fsp3) is 0.103. The van der Waals surface area contributed by atoms with Gasteiger partial charge in [-0.25, -0.2) is 0 Å². The van der Waals surface area contributed by atoms with Crippen molar-refractivity contribution >= 4 is 11.1 Å². The SMILES string of the molecule is Cc1ccc(C2=C(c3ccc(C)cc3)C23c2ccccc2Oc2ccccc23)cc1. The number of aryl methyl sites for hydroxylation is 2. The van der Waals surface area contributed by atoms with Crippen LogP contribution in [0, 0.1) is 13.8 Å². The van der Waals surface area contributed by atoms with E-state index in [-0.39, 0.29) is 5.41 Å². The van der Waals surface area contributed by atoms with Gasteiger partial charge < -0.3 is 4.74 Å². The van der Waals surface area contributed by atoms with Gasteiger partial charge in [-0.05, 0) is 48.3 Å². The fourth-order valence-electron chi connectivity index (χ4n) is 4.98. The molecule has 0 aromatic heterocycles. The van der Waals surface area contributed by atoms with Gasteiger partial charge in [0.25, 0.3) is 0 Å². The highest BCUT2D eigenvalue weighted by Crippen LogP contribution is 2.72. The molecule has 0 bridgehead atoms. The van der Waals surface area contributed by atoms with Gasteiger partial charge in [-0.15, -0.1) is 0 Å². The number of hydrogen-bond acceptors (Lipinski definition) is 1. The van der Waals surface area contributed by atoms with E-state index in [9.17, 15) is 0 Å². The van der Waals surface area contributed by atoms with Crippen LogP contribution in [0.3, 0.4) is 0 Å². The van der Waals surface area contributed by atoms with E-state index < -0.39 is 0 Å². The molecule has 1 aliphatic carbocycles. The Hall–Kier alpha value is -3.58. The van der Waals surface area contributed by atoms with Gasteiger partial charge in [-0.2, -0.15) is 0 Å². The monoisotopic (exact) mass is 386 g/mol. The number of fused-ring (bicyclic) bond motifs is 4. The lowest BCUT2D eigenvalue weighted by Crippen LogP contribution is -2.21. The molecule has 30 heavy (non-hydrogen) atoms. The van der Waals surface area contributed by atoms with E-state index in [1.54, 1.807) is 0 Å². The third kappa shape index (κ3) is 2.29. The Morgan fingerprint density at radius 1 is 0.500 bits per heavy atom. The molecule has 0 saturated carbocycles. The van der Waals surface area contributed by atoms with Gasteiger partial charge in [0.2, 0.25) is 0 Å². The first-order valence-electron chi connectivity index (χ1n) is 10.5. The number of para-hydroxylation sites is 2. The quantitative estimate of drug-likeness (QED) is 0.351. The summed E-state index contributed by atoms with van der Waals surface area (Å²) in [6, 6.07) is 34.8. The van der Waals surface area contributed by atoms with Crippen molar-refractivity contribution in [2.24, 2.45) is 0 Å². The summed E-state index contributed by atoms with van der Waals surface area (Å²) < 4.78 is 6.33. The predicted molar refractivity (Wildman–Crippen MR) is 123 cm³/mol. The molecule has 4 aromatic carbocycles. The zero-order valence-corrected chi connectivity index (χ0v) is 17.1. The Labute approximate surface area is 177 Å². The lowest BCUT2D eigenvalue weighted by molar-refractivity contribution is 0.450. The maximum absolute atomic E-state index is 6.33. The van der Waals surface area contributed by atoms with Crippen LogP contribution in [0.15, 0.2) is 97.1 Å². The van der Waals surface area contributed by atoms with Crippen LogP contribution in [0.4, 0.5) is 0 Å². The number of rotatable bonds is 2. The minimum atomic E-state index is -0.268. The van der Waals surface area contributed by atoms with Crippen molar-refractivity contribution in [3.8, 4) is 11.5 Å². The van der Waals surface area contributed by atoms with E-state index in [0.717, 1.165) is 11.5 Å². The maximum atomic E-state index is 6.33. The summed E-state index contributed by atoms with van der Waals surface area (Å²) in [5, 5.41) is 0. The van der Waals surface area contributed by atoms with Gasteiger partial charge >= 0.3 is 0 Å². The first kappa shape index (κ1) is 17.3. The van der Waals surface area contributed by atoms with Crippen LogP contribution >= 0.6 is 0 Å². The van der Waals surface area contributed by atoms with Gasteiger partial charge in [-0.1, -0.05) is 96.1 Å². The standard InChI is InChI=1S/C29H22O/c1-19-11-15-21(16-12-19)27-28(22-17-13-20(2)14-18-22)29(27)23-7-3-5-9-25(23)30-26-10-6-4-8-24(26)29/h3-18H,1-2H3. The minimum absolute atomic E-state index is 0.268. The molecule has 0 radical (unpaired) electrons. The molecule has 4 aromatic rings. The zero-order valence-electron chi connectivity index (χ0n) is 17.1. The van der Waals surface area contributed by atoms with Crippen LogP contribution in [0.1, 0.15) is 33.4 Å². The highest BCUT2D eigenvalue weighted by molar-refractivity contribution is 6.23. The van der Waals surface area contributed by atoms with E-state index in [2.05, 4.69) is 111 Å². The second kappa shape index (κ2) is 6.21. The Balaban J connectivity index is 1.67. The van der Waals surface area contributed by atoms with Crippen molar-refractivity contribution in [2.45, 2.75) is 19.3 Å². The van der Waals surface area contributed by atoms with Gasteiger partial charge in [0.15, 0.2) is 0 Å². The molecule has 1 heteroatoms. The lowest BCUT2D eigenvalue weighted by atomic mass is 9.76. The van der Waals surface area contributed by atoms with Gasteiger partial charge in [0, 0.05) is 11.1 Å². The van der Waals surface area contributed by atoms with E-state index in [0.29, 0.717) is 0 Å². The van der Waals surface area contributed by atoms with Crippen LogP contribution in [0.5, 0.6) is 11.5 Å². The molecule has 0 atom stereocenters. The maximum Gasteiger partial charge on any atom is 0.132 e. The second-order valence-corrected chi connectivity index (χ2v) is 8.33. The average molecular weight is 386 g/mol. The van der Waals surface area contributed by atoms with Gasteiger partial charge in [-0.3, -0.25) is 0 Å². The van der Waals surface area contributed by atoms with Crippen LogP contribution < -0.4 is 4.74 Å². The molecule has 6 rings (SSSR count). The molecule has 1 spiro atoms. The largest absolute Gasteiger partial charge is 0.457 e. The summed E-state index contributed by atoms with van der Waals surface area (Å²) >= 11 is 0. The summed E-state index contributed by atoms with van der Waals surface area (Å²) in [7, 11) is 0. The van der Waals surface area contributed by atoms with Crippen LogP contribution in [0.2, 0.25) is 0 Å². The summed E-state index contributed by atoms with van der Waals surface area (Å²) in [6.45, 7) is 4.28. The fourth-order valence-corrected chi connectivity index (χ4v) is 4.98. The minimum Gasteiger partial charge on any atom is -0.457 e. The average Bonchev–Trinajstić information content (AvgIpc) is 3.45. The Morgan fingerprint density at radius 2 is 0.900 bits per heavy atom. The van der Waals surface area contributed by atoms with E-state index in [1.165, 1.54) is 44.5 Å². The van der Waals surface area contributed by atoms with Crippen LogP contribution in [0.25, 0.3) is 11.1 Å². The molecule has 1 heterocycles. The summed E-state index contributed by atoms with van der Waals surface area (Å²) in [4.78, 5) is 0. The van der Waals surface area contributed by atoms with Crippen LogP contribution in [-0.4, -0.2) is 0 Å². The molecular weight excluding hydrogens is 364 g/mol. The molecule has 2 aliphatic rings. The van der Waals surface area contributed by atoms with Gasteiger partial charge in [0.1, 0.15) is 11.5 Å². The Kier molecular flexibility index (Phi) is 3.58. The van der Waals surface area contributed by atoms with E-state index in [4.69, 9.17) is 4.74 Å². The topological polar surface area (TPSA) is 9.23 Å². The Morgan fingerprint density at radius 3 is 1.33 bits per heavy atom. The first-order valence-corrected chi connectivity index (χ1v) is 10.5. The number of ether oxygens (including phenoxy) is 1. The van der Waals surface area contributed by atoms with Crippen molar-refractivity contribution in [2.75, 3.05) is 0 Å². The molecule has 0 unspecified atom stereocenters. The molecule has 0 amide bonds. The number of allylic oxidation sites excluding steroid dienone is 2. The first-order chi connectivity index (χ1) is 14.7. The van der Waals surface area contributed by atoms with Crippen LogP contribution in [-0.2, 0) is 5.41 Å².